The van der Waals surface area contributed by atoms with Crippen LogP contribution in [0, 0.1) is 0 Å². The van der Waals surface area contributed by atoms with Crippen molar-refractivity contribution in [3.05, 3.63) is 0 Å². The normalized spacial score (nSPS) is 17.1. The van der Waals surface area contributed by atoms with Gasteiger partial charge in [0.25, 0.3) is 0 Å². The second kappa shape index (κ2) is 11.8. The highest BCUT2D eigenvalue weighted by Gasteiger charge is 2.17. The molecule has 0 spiro atoms. The zero-order valence-corrected chi connectivity index (χ0v) is 14.5. The topological polar surface area (TPSA) is 54.0 Å². The fraction of sp³-hybridized carbons (Fsp3) is 0.938. The summed E-state index contributed by atoms with van der Waals surface area (Å²) in [6.45, 7) is 15.0. The van der Waals surface area contributed by atoms with Gasteiger partial charge in [0.05, 0.1) is 26.4 Å². The van der Waals surface area contributed by atoms with Crippen LogP contribution in [0.15, 0.2) is 0 Å². The molecule has 1 rings (SSSR count). The quantitative estimate of drug-likeness (QED) is 0.572. The van der Waals surface area contributed by atoms with E-state index in [0.717, 1.165) is 39.3 Å². The molecule has 1 N–H and O–H groups in total. The number of carbonyl (C=O) groups is 1. The summed E-state index contributed by atoms with van der Waals surface area (Å²) in [4.78, 5) is 16.0. The van der Waals surface area contributed by atoms with Crippen LogP contribution in [0.1, 0.15) is 28.6 Å². The minimum Gasteiger partial charge on any atom is -0.378 e. The van der Waals surface area contributed by atoms with Gasteiger partial charge < -0.3 is 14.8 Å². The molecule has 6 heteroatoms. The van der Waals surface area contributed by atoms with Gasteiger partial charge in [0.2, 0.25) is 5.91 Å². The van der Waals surface area contributed by atoms with Gasteiger partial charge in [-0.25, -0.2) is 0 Å². The van der Waals surface area contributed by atoms with Crippen LogP contribution in [0.5, 0.6) is 0 Å². The molecule has 0 saturated carbocycles. The van der Waals surface area contributed by atoms with Crippen LogP contribution in [0.25, 0.3) is 0 Å². The van der Waals surface area contributed by atoms with Gasteiger partial charge in [-0.2, -0.15) is 0 Å². The third-order valence-electron chi connectivity index (χ3n) is 3.95. The molecule has 1 aliphatic rings. The first-order valence-electron chi connectivity index (χ1n) is 8.52. The van der Waals surface area contributed by atoms with Crippen molar-refractivity contribution in [1.29, 1.82) is 0 Å². The average molecular weight is 317 g/mol. The first-order chi connectivity index (χ1) is 10.6. The lowest BCUT2D eigenvalue weighted by molar-refractivity contribution is -0.121. The number of carbonyl (C=O) groups excluding carboxylic acids is 1. The van der Waals surface area contributed by atoms with Gasteiger partial charge in [-0.3, -0.25) is 14.6 Å². The number of rotatable bonds is 11. The number of nitrogens with zero attached hydrogens (tertiary/aromatic N) is 2. The molecule has 1 fully saturated rings. The second-order valence-corrected chi connectivity index (χ2v) is 5.90. The maximum atomic E-state index is 11.0. The Morgan fingerprint density at radius 1 is 1.09 bits per heavy atom. The van der Waals surface area contributed by atoms with Crippen LogP contribution >= 0.6 is 0 Å². The Morgan fingerprint density at radius 2 is 1.73 bits per heavy atom. The van der Waals surface area contributed by atoms with Gasteiger partial charge in [-0.1, -0.05) is 6.92 Å². The minimum absolute atomic E-state index is 0. The van der Waals surface area contributed by atoms with Crippen molar-refractivity contribution in [3.63, 3.8) is 0 Å². The molecular formula is C16H35N3O3. The Bertz CT molecular complexity index is 298. The predicted octanol–water partition coefficient (Wildman–Crippen LogP) is 0.818. The van der Waals surface area contributed by atoms with E-state index in [-0.39, 0.29) is 7.33 Å². The van der Waals surface area contributed by atoms with E-state index in [1.807, 2.05) is 6.92 Å². The van der Waals surface area contributed by atoms with Crippen molar-refractivity contribution in [2.45, 2.75) is 33.2 Å². The largest absolute Gasteiger partial charge is 0.378 e. The van der Waals surface area contributed by atoms with Crippen LogP contribution < -0.4 is 5.32 Å². The van der Waals surface area contributed by atoms with Crippen LogP contribution in [0.4, 0.5) is 0 Å². The number of ether oxygens (including phenoxy) is 2. The molecule has 1 aliphatic heterocycles. The fourth-order valence-corrected chi connectivity index (χ4v) is 2.41. The molecule has 0 atom stereocenters. The van der Waals surface area contributed by atoms with Crippen LogP contribution in [0.2, 0.25) is 0 Å². The molecule has 0 aromatic heterocycles. The molecule has 0 unspecified atom stereocenters. The van der Waals surface area contributed by atoms with Gasteiger partial charge >= 0.3 is 0 Å². The smallest absolute Gasteiger partial charge is 0.219 e. The van der Waals surface area contributed by atoms with Gasteiger partial charge in [0.15, 0.2) is 0 Å². The standard InChI is InChI=1S/C16H33N3O3.H2/c1-4-16(20)17-5-11-21-13-14-22-12-10-18-6-8-19(9-7-18)15(2)3;/h15H,4-14H2,1-3H3,(H,17,20);1H. The number of piperazine rings is 1. The van der Waals surface area contributed by atoms with E-state index in [2.05, 4.69) is 29.0 Å². The van der Waals surface area contributed by atoms with Gasteiger partial charge in [-0.15, -0.1) is 0 Å². The van der Waals surface area contributed by atoms with E-state index >= 15 is 0 Å². The number of nitrogens with one attached hydrogen (secondary N) is 1. The lowest BCUT2D eigenvalue weighted by Crippen LogP contribution is -2.49. The van der Waals surface area contributed by atoms with E-state index in [4.69, 9.17) is 9.47 Å². The van der Waals surface area contributed by atoms with E-state index in [1.54, 1.807) is 0 Å². The Morgan fingerprint density at radius 3 is 2.32 bits per heavy atom. The summed E-state index contributed by atoms with van der Waals surface area (Å²) in [6.07, 6.45) is 0.522. The van der Waals surface area contributed by atoms with Crippen molar-refractivity contribution in [3.8, 4) is 0 Å². The van der Waals surface area contributed by atoms with Crippen molar-refractivity contribution in [1.82, 2.24) is 15.1 Å². The molecule has 0 radical (unpaired) electrons. The first-order valence-corrected chi connectivity index (χ1v) is 8.52. The van der Waals surface area contributed by atoms with Crippen molar-refractivity contribution < 1.29 is 15.7 Å². The van der Waals surface area contributed by atoms with E-state index in [1.165, 1.54) is 0 Å². The molecule has 132 valence electrons. The van der Waals surface area contributed by atoms with Crippen LogP contribution in [-0.4, -0.2) is 87.4 Å². The average Bonchev–Trinajstić information content (AvgIpc) is 2.53. The van der Waals surface area contributed by atoms with Crippen LogP contribution in [0.3, 0.4) is 0 Å². The van der Waals surface area contributed by atoms with Crippen molar-refractivity contribution in [2.24, 2.45) is 0 Å². The third kappa shape index (κ3) is 8.68. The molecular weight excluding hydrogens is 282 g/mol. The zero-order valence-electron chi connectivity index (χ0n) is 14.5. The van der Waals surface area contributed by atoms with Gasteiger partial charge in [0, 0.05) is 53.2 Å². The molecule has 0 aromatic carbocycles. The maximum absolute atomic E-state index is 11.0. The van der Waals surface area contributed by atoms with Gasteiger partial charge in [-0.05, 0) is 13.8 Å². The maximum Gasteiger partial charge on any atom is 0.219 e. The highest BCUT2D eigenvalue weighted by atomic mass is 16.5. The summed E-state index contributed by atoms with van der Waals surface area (Å²) in [6, 6.07) is 0.651. The summed E-state index contributed by atoms with van der Waals surface area (Å²) >= 11 is 0. The van der Waals surface area contributed by atoms with Crippen molar-refractivity contribution in [2.75, 3.05) is 65.7 Å². The summed E-state index contributed by atoms with van der Waals surface area (Å²) in [5.41, 5.74) is 0. The van der Waals surface area contributed by atoms with Crippen molar-refractivity contribution >= 4 is 5.91 Å². The molecule has 1 heterocycles. The SMILES string of the molecule is CCC(=O)NCCOCCOCCN1CCN(C(C)C)CC1.[HH]. The Labute approximate surface area is 136 Å². The van der Waals surface area contributed by atoms with E-state index in [9.17, 15) is 4.79 Å². The first kappa shape index (κ1) is 19.4. The summed E-state index contributed by atoms with van der Waals surface area (Å²) < 4.78 is 11.0. The second-order valence-electron chi connectivity index (χ2n) is 5.90. The summed E-state index contributed by atoms with van der Waals surface area (Å²) in [5, 5.41) is 2.77. The number of amides is 1. The Kier molecular flexibility index (Phi) is 10.4. The lowest BCUT2D eigenvalue weighted by atomic mass is 10.2. The monoisotopic (exact) mass is 317 g/mol. The molecule has 6 nitrogen and oxygen atoms in total. The summed E-state index contributed by atoms with van der Waals surface area (Å²) in [7, 11) is 0. The van der Waals surface area contributed by atoms with E-state index < -0.39 is 0 Å². The summed E-state index contributed by atoms with van der Waals surface area (Å²) in [5.74, 6) is 0.0670. The molecule has 1 amide bonds. The number of hydrogen-bond donors (Lipinski definition) is 1. The molecule has 22 heavy (non-hydrogen) atoms. The molecule has 1 saturated heterocycles. The lowest BCUT2D eigenvalue weighted by Gasteiger charge is -2.36. The Balaban J connectivity index is 0.00000484. The highest BCUT2D eigenvalue weighted by molar-refractivity contribution is 5.75. The molecule has 0 aromatic rings. The number of hydrogen-bond acceptors (Lipinski definition) is 5. The van der Waals surface area contributed by atoms with E-state index in [0.29, 0.717) is 38.8 Å². The fourth-order valence-electron chi connectivity index (χ4n) is 2.41. The van der Waals surface area contributed by atoms with Crippen LogP contribution in [-0.2, 0) is 14.3 Å². The van der Waals surface area contributed by atoms with Gasteiger partial charge in [0.1, 0.15) is 0 Å². The minimum atomic E-state index is 0. The molecule has 0 bridgehead atoms. The zero-order chi connectivity index (χ0) is 16.2. The predicted molar refractivity (Wildman–Crippen MR) is 90.2 cm³/mol. The molecule has 0 aliphatic carbocycles. The third-order valence-corrected chi connectivity index (χ3v) is 3.95. The highest BCUT2D eigenvalue weighted by Crippen LogP contribution is 2.05. The Hall–Kier alpha value is -0.690.